The molecule has 0 saturated carbocycles. The highest BCUT2D eigenvalue weighted by atomic mass is 35.5. The summed E-state index contributed by atoms with van der Waals surface area (Å²) in [6.45, 7) is 1.80. The number of ether oxygens (including phenoxy) is 1. The summed E-state index contributed by atoms with van der Waals surface area (Å²) in [5.41, 5.74) is 1.20. The standard InChI is InChI=1S/C20H18ClNO5S/c1-13-10-17(19(26-2)11-16(13)21)22-20(23)18-9-8-14(27-18)12-28(24,25)15-6-4-3-5-7-15/h3-11H,12H2,1-2H3,(H,22,23). The van der Waals surface area contributed by atoms with Crippen LogP contribution < -0.4 is 10.1 Å². The average Bonchev–Trinajstić information content (AvgIpc) is 3.13. The van der Waals surface area contributed by atoms with Crippen LogP contribution in [0.25, 0.3) is 0 Å². The van der Waals surface area contributed by atoms with E-state index in [0.29, 0.717) is 16.5 Å². The van der Waals surface area contributed by atoms with E-state index < -0.39 is 15.7 Å². The number of carbonyl (C=O) groups is 1. The van der Waals surface area contributed by atoms with Crippen LogP contribution in [0.3, 0.4) is 0 Å². The highest BCUT2D eigenvalue weighted by molar-refractivity contribution is 7.90. The van der Waals surface area contributed by atoms with Crippen molar-refractivity contribution in [1.29, 1.82) is 0 Å². The van der Waals surface area contributed by atoms with Crippen LogP contribution in [0.4, 0.5) is 5.69 Å². The zero-order valence-electron chi connectivity index (χ0n) is 15.2. The van der Waals surface area contributed by atoms with Crippen molar-refractivity contribution in [2.75, 3.05) is 12.4 Å². The summed E-state index contributed by atoms with van der Waals surface area (Å²) in [6, 6.07) is 14.3. The summed E-state index contributed by atoms with van der Waals surface area (Å²) >= 11 is 6.07. The molecule has 1 aromatic heterocycles. The maximum atomic E-state index is 12.5. The van der Waals surface area contributed by atoms with Gasteiger partial charge >= 0.3 is 0 Å². The van der Waals surface area contributed by atoms with E-state index in [9.17, 15) is 13.2 Å². The topological polar surface area (TPSA) is 85.6 Å². The van der Waals surface area contributed by atoms with Crippen LogP contribution >= 0.6 is 11.6 Å². The first-order chi connectivity index (χ1) is 13.3. The van der Waals surface area contributed by atoms with E-state index in [2.05, 4.69) is 5.32 Å². The van der Waals surface area contributed by atoms with Gasteiger partial charge in [0.15, 0.2) is 15.6 Å². The van der Waals surface area contributed by atoms with E-state index >= 15 is 0 Å². The van der Waals surface area contributed by atoms with Gasteiger partial charge < -0.3 is 14.5 Å². The third kappa shape index (κ3) is 4.37. The first kappa shape index (κ1) is 20.0. The number of amides is 1. The third-order valence-corrected chi connectivity index (χ3v) is 6.11. The molecule has 0 spiro atoms. The number of anilines is 1. The first-order valence-electron chi connectivity index (χ1n) is 8.32. The molecule has 146 valence electrons. The summed E-state index contributed by atoms with van der Waals surface area (Å²) in [5.74, 6) is -0.292. The lowest BCUT2D eigenvalue weighted by molar-refractivity contribution is 0.0995. The van der Waals surface area contributed by atoms with Crippen molar-refractivity contribution < 1.29 is 22.4 Å². The Morgan fingerprint density at radius 1 is 1.14 bits per heavy atom. The molecule has 0 saturated heterocycles. The molecule has 6 nitrogen and oxygen atoms in total. The summed E-state index contributed by atoms with van der Waals surface area (Å²) in [4.78, 5) is 12.7. The van der Waals surface area contributed by atoms with Crippen LogP contribution in [0.2, 0.25) is 5.02 Å². The van der Waals surface area contributed by atoms with Crippen LogP contribution in [0.5, 0.6) is 5.75 Å². The predicted molar refractivity (Wildman–Crippen MR) is 107 cm³/mol. The Bertz CT molecular complexity index is 1110. The van der Waals surface area contributed by atoms with Gasteiger partial charge in [0.1, 0.15) is 17.3 Å². The number of furan rings is 1. The Hall–Kier alpha value is -2.77. The molecule has 0 bridgehead atoms. The number of hydrogen-bond donors (Lipinski definition) is 1. The Morgan fingerprint density at radius 3 is 2.54 bits per heavy atom. The van der Waals surface area contributed by atoms with Crippen LogP contribution in [0.15, 0.2) is 63.9 Å². The van der Waals surface area contributed by atoms with Crippen molar-refractivity contribution in [3.8, 4) is 5.75 Å². The number of hydrogen-bond acceptors (Lipinski definition) is 5. The van der Waals surface area contributed by atoms with E-state index in [1.807, 2.05) is 0 Å². The van der Waals surface area contributed by atoms with E-state index in [-0.39, 0.29) is 22.2 Å². The summed E-state index contributed by atoms with van der Waals surface area (Å²) in [5, 5.41) is 3.20. The predicted octanol–water partition coefficient (Wildman–Crippen LogP) is 4.48. The van der Waals surface area contributed by atoms with Gasteiger partial charge in [0, 0.05) is 11.1 Å². The van der Waals surface area contributed by atoms with Crippen molar-refractivity contribution in [3.63, 3.8) is 0 Å². The number of sulfone groups is 1. The second-order valence-corrected chi connectivity index (χ2v) is 8.49. The lowest BCUT2D eigenvalue weighted by atomic mass is 10.2. The fraction of sp³-hybridized carbons (Fsp3) is 0.150. The second kappa shape index (κ2) is 8.08. The van der Waals surface area contributed by atoms with Crippen molar-refractivity contribution >= 4 is 33.0 Å². The van der Waals surface area contributed by atoms with Gasteiger partial charge in [-0.05, 0) is 42.8 Å². The van der Waals surface area contributed by atoms with Gasteiger partial charge in [-0.15, -0.1) is 0 Å². The number of halogens is 1. The van der Waals surface area contributed by atoms with Crippen molar-refractivity contribution in [1.82, 2.24) is 0 Å². The fourth-order valence-electron chi connectivity index (χ4n) is 2.59. The number of rotatable bonds is 6. The number of nitrogens with one attached hydrogen (secondary N) is 1. The van der Waals surface area contributed by atoms with Gasteiger partial charge in [-0.2, -0.15) is 0 Å². The maximum Gasteiger partial charge on any atom is 0.291 e. The normalized spacial score (nSPS) is 11.2. The van der Waals surface area contributed by atoms with Gasteiger partial charge in [-0.1, -0.05) is 29.8 Å². The summed E-state index contributed by atoms with van der Waals surface area (Å²) in [6.07, 6.45) is 0. The Labute approximate surface area is 168 Å². The maximum absolute atomic E-state index is 12.5. The van der Waals surface area contributed by atoms with Gasteiger partial charge in [0.25, 0.3) is 5.91 Å². The first-order valence-corrected chi connectivity index (χ1v) is 10.3. The fourth-order valence-corrected chi connectivity index (χ4v) is 4.01. The molecule has 3 rings (SSSR count). The zero-order valence-corrected chi connectivity index (χ0v) is 16.8. The average molecular weight is 420 g/mol. The number of methoxy groups -OCH3 is 1. The SMILES string of the molecule is COc1cc(Cl)c(C)cc1NC(=O)c1ccc(CS(=O)(=O)c2ccccc2)o1. The van der Waals surface area contributed by atoms with Crippen molar-refractivity contribution in [2.24, 2.45) is 0 Å². The minimum Gasteiger partial charge on any atom is -0.495 e. The largest absolute Gasteiger partial charge is 0.495 e. The Morgan fingerprint density at radius 2 is 1.86 bits per heavy atom. The molecule has 0 aliphatic carbocycles. The molecule has 1 amide bonds. The van der Waals surface area contributed by atoms with E-state index in [0.717, 1.165) is 5.56 Å². The quantitative estimate of drug-likeness (QED) is 0.636. The Balaban J connectivity index is 1.77. The monoisotopic (exact) mass is 419 g/mol. The number of carbonyl (C=O) groups excluding carboxylic acids is 1. The lowest BCUT2D eigenvalue weighted by Gasteiger charge is -2.11. The molecule has 0 atom stereocenters. The third-order valence-electron chi connectivity index (χ3n) is 4.05. The molecule has 1 heterocycles. The molecule has 3 aromatic rings. The number of aryl methyl sites for hydroxylation is 1. The minimum absolute atomic E-state index is 0.00656. The molecule has 0 radical (unpaired) electrons. The smallest absolute Gasteiger partial charge is 0.291 e. The minimum atomic E-state index is -3.57. The molecular weight excluding hydrogens is 402 g/mol. The van der Waals surface area contributed by atoms with Crippen LogP contribution in [-0.4, -0.2) is 21.4 Å². The van der Waals surface area contributed by atoms with Crippen LogP contribution in [0, 0.1) is 6.92 Å². The van der Waals surface area contributed by atoms with Gasteiger partial charge in [-0.3, -0.25) is 4.79 Å². The van der Waals surface area contributed by atoms with Crippen molar-refractivity contribution in [3.05, 3.63) is 76.7 Å². The molecule has 1 N–H and O–H groups in total. The zero-order chi connectivity index (χ0) is 20.3. The second-order valence-electron chi connectivity index (χ2n) is 6.09. The van der Waals surface area contributed by atoms with Gasteiger partial charge in [0.2, 0.25) is 0 Å². The van der Waals surface area contributed by atoms with E-state index in [1.54, 1.807) is 37.3 Å². The van der Waals surface area contributed by atoms with Gasteiger partial charge in [0.05, 0.1) is 17.7 Å². The van der Waals surface area contributed by atoms with Crippen LogP contribution in [-0.2, 0) is 15.6 Å². The lowest BCUT2D eigenvalue weighted by Crippen LogP contribution is -2.12. The summed E-state index contributed by atoms with van der Waals surface area (Å²) < 4.78 is 35.5. The molecule has 0 aliphatic rings. The van der Waals surface area contributed by atoms with Gasteiger partial charge in [-0.25, -0.2) is 8.42 Å². The molecule has 0 aliphatic heterocycles. The van der Waals surface area contributed by atoms with E-state index in [1.165, 1.54) is 31.4 Å². The van der Waals surface area contributed by atoms with E-state index in [4.69, 9.17) is 20.8 Å². The molecular formula is C20H18ClNO5S. The van der Waals surface area contributed by atoms with Crippen molar-refractivity contribution in [2.45, 2.75) is 17.6 Å². The number of benzene rings is 2. The molecule has 0 fully saturated rings. The molecule has 0 unspecified atom stereocenters. The Kier molecular flexibility index (Phi) is 5.76. The molecule has 2 aromatic carbocycles. The van der Waals surface area contributed by atoms with Crippen LogP contribution in [0.1, 0.15) is 21.9 Å². The highest BCUT2D eigenvalue weighted by Crippen LogP contribution is 2.31. The summed E-state index contributed by atoms with van der Waals surface area (Å²) in [7, 11) is -2.10. The molecule has 28 heavy (non-hydrogen) atoms. The highest BCUT2D eigenvalue weighted by Gasteiger charge is 2.20. The molecule has 8 heteroatoms.